The monoisotopic (exact) mass is 415 g/mol. The van der Waals surface area contributed by atoms with Crippen LogP contribution in [0, 0.1) is 12.7 Å². The molecule has 3 aromatic rings. The van der Waals surface area contributed by atoms with Crippen LogP contribution in [0.2, 0.25) is 0 Å². The highest BCUT2D eigenvalue weighted by molar-refractivity contribution is 5.94. The molecular formula is C23H27ClFN3O. The molecule has 1 aliphatic heterocycles. The Kier molecular flexibility index (Phi) is 6.93. The van der Waals surface area contributed by atoms with Crippen LogP contribution in [0.3, 0.4) is 0 Å². The van der Waals surface area contributed by atoms with Crippen LogP contribution < -0.4 is 10.2 Å². The Morgan fingerprint density at radius 3 is 2.66 bits per heavy atom. The van der Waals surface area contributed by atoms with Crippen molar-refractivity contribution in [1.82, 2.24) is 4.98 Å². The van der Waals surface area contributed by atoms with Crippen LogP contribution in [0.4, 0.5) is 21.5 Å². The fourth-order valence-electron chi connectivity index (χ4n) is 3.93. The number of anilines is 3. The Morgan fingerprint density at radius 2 is 1.90 bits per heavy atom. The number of rotatable bonds is 6. The first-order valence-corrected chi connectivity index (χ1v) is 9.92. The van der Waals surface area contributed by atoms with Crippen molar-refractivity contribution in [3.63, 3.8) is 0 Å². The molecule has 2 aromatic carbocycles. The standard InChI is InChI=1S/C23H26FN3O.ClH/c1-3-28-15-20-5-4-12-27(20)23-13-16(2)25-22-14-19(10-11-21(22)23)26-18-8-6-17(24)7-9-18;/h6-11,13-14,20,26H,3-5,12,15H2,1-2H3;1H. The molecule has 29 heavy (non-hydrogen) atoms. The van der Waals surface area contributed by atoms with E-state index in [-0.39, 0.29) is 18.2 Å². The Balaban J connectivity index is 0.00000240. The number of nitrogens with one attached hydrogen (secondary N) is 1. The number of aromatic nitrogens is 1. The number of hydrogen-bond donors (Lipinski definition) is 1. The van der Waals surface area contributed by atoms with Gasteiger partial charge >= 0.3 is 0 Å². The van der Waals surface area contributed by atoms with Crippen LogP contribution in [0.1, 0.15) is 25.5 Å². The van der Waals surface area contributed by atoms with E-state index in [1.165, 1.54) is 24.2 Å². The molecule has 1 aliphatic rings. The van der Waals surface area contributed by atoms with Crippen LogP contribution in [0.15, 0.2) is 48.5 Å². The van der Waals surface area contributed by atoms with Gasteiger partial charge < -0.3 is 15.0 Å². The minimum Gasteiger partial charge on any atom is -0.380 e. The summed E-state index contributed by atoms with van der Waals surface area (Å²) in [6.45, 7) is 6.64. The van der Waals surface area contributed by atoms with E-state index in [9.17, 15) is 4.39 Å². The lowest BCUT2D eigenvalue weighted by Gasteiger charge is -2.28. The van der Waals surface area contributed by atoms with Gasteiger partial charge in [0.15, 0.2) is 0 Å². The Labute approximate surface area is 177 Å². The summed E-state index contributed by atoms with van der Waals surface area (Å²) in [7, 11) is 0. The zero-order valence-corrected chi connectivity index (χ0v) is 17.6. The summed E-state index contributed by atoms with van der Waals surface area (Å²) in [6, 6.07) is 15.2. The van der Waals surface area contributed by atoms with E-state index in [0.29, 0.717) is 6.04 Å². The van der Waals surface area contributed by atoms with Crippen LogP contribution in [0.25, 0.3) is 10.9 Å². The highest BCUT2D eigenvalue weighted by atomic mass is 35.5. The summed E-state index contributed by atoms with van der Waals surface area (Å²) in [4.78, 5) is 7.23. The Bertz CT molecular complexity index is 964. The molecule has 0 amide bonds. The van der Waals surface area contributed by atoms with E-state index in [2.05, 4.69) is 34.5 Å². The van der Waals surface area contributed by atoms with Gasteiger partial charge in [0.25, 0.3) is 0 Å². The smallest absolute Gasteiger partial charge is 0.123 e. The third-order valence-electron chi connectivity index (χ3n) is 5.25. The fourth-order valence-corrected chi connectivity index (χ4v) is 3.93. The van der Waals surface area contributed by atoms with Gasteiger partial charge in [-0.15, -0.1) is 12.4 Å². The second kappa shape index (κ2) is 9.42. The fraction of sp³-hybridized carbons (Fsp3) is 0.348. The minimum atomic E-state index is -0.238. The number of hydrogen-bond acceptors (Lipinski definition) is 4. The normalized spacial score (nSPS) is 16.1. The lowest BCUT2D eigenvalue weighted by atomic mass is 10.1. The van der Waals surface area contributed by atoms with Crippen LogP contribution >= 0.6 is 12.4 Å². The maximum Gasteiger partial charge on any atom is 0.123 e. The molecular weight excluding hydrogens is 389 g/mol. The molecule has 1 unspecified atom stereocenters. The van der Waals surface area contributed by atoms with E-state index in [1.54, 1.807) is 12.1 Å². The lowest BCUT2D eigenvalue weighted by molar-refractivity contribution is 0.134. The summed E-state index contributed by atoms with van der Waals surface area (Å²) in [5.74, 6) is -0.238. The molecule has 1 atom stereocenters. The zero-order valence-electron chi connectivity index (χ0n) is 16.8. The van der Waals surface area contributed by atoms with Crippen molar-refractivity contribution in [1.29, 1.82) is 0 Å². The van der Waals surface area contributed by atoms with Crippen molar-refractivity contribution in [3.8, 4) is 0 Å². The largest absolute Gasteiger partial charge is 0.380 e. The van der Waals surface area contributed by atoms with E-state index >= 15 is 0 Å². The maximum absolute atomic E-state index is 13.1. The third kappa shape index (κ3) is 4.80. The van der Waals surface area contributed by atoms with Gasteiger partial charge in [0.1, 0.15) is 5.82 Å². The van der Waals surface area contributed by atoms with Crippen molar-refractivity contribution in [2.45, 2.75) is 32.7 Å². The number of ether oxygens (including phenoxy) is 1. The first-order valence-electron chi connectivity index (χ1n) is 9.92. The van der Waals surface area contributed by atoms with Crippen molar-refractivity contribution in [2.24, 2.45) is 0 Å². The summed E-state index contributed by atoms with van der Waals surface area (Å²) in [5.41, 5.74) is 4.99. The highest BCUT2D eigenvalue weighted by Gasteiger charge is 2.26. The van der Waals surface area contributed by atoms with Gasteiger partial charge in [0.2, 0.25) is 0 Å². The number of pyridine rings is 1. The summed E-state index contributed by atoms with van der Waals surface area (Å²) in [5, 5.41) is 4.48. The summed E-state index contributed by atoms with van der Waals surface area (Å²) in [6.07, 6.45) is 2.35. The Morgan fingerprint density at radius 1 is 1.14 bits per heavy atom. The maximum atomic E-state index is 13.1. The topological polar surface area (TPSA) is 37.4 Å². The van der Waals surface area contributed by atoms with Crippen molar-refractivity contribution >= 4 is 40.4 Å². The molecule has 4 nitrogen and oxygen atoms in total. The Hall–Kier alpha value is -2.37. The first kappa shape index (κ1) is 21.3. The van der Waals surface area contributed by atoms with Gasteiger partial charge in [-0.2, -0.15) is 0 Å². The lowest BCUT2D eigenvalue weighted by Crippen LogP contribution is -2.33. The molecule has 0 radical (unpaired) electrons. The highest BCUT2D eigenvalue weighted by Crippen LogP contribution is 2.34. The summed E-state index contributed by atoms with van der Waals surface area (Å²) < 4.78 is 18.8. The minimum absolute atomic E-state index is 0. The van der Waals surface area contributed by atoms with Crippen molar-refractivity contribution < 1.29 is 9.13 Å². The van der Waals surface area contributed by atoms with Gasteiger partial charge in [-0.1, -0.05) is 0 Å². The molecule has 0 bridgehead atoms. The van der Waals surface area contributed by atoms with E-state index in [4.69, 9.17) is 9.72 Å². The van der Waals surface area contributed by atoms with Crippen molar-refractivity contribution in [2.75, 3.05) is 30.0 Å². The number of aryl methyl sites for hydroxylation is 1. The van der Waals surface area contributed by atoms with Gasteiger partial charge in [-0.25, -0.2) is 4.39 Å². The quantitative estimate of drug-likeness (QED) is 0.547. The van der Waals surface area contributed by atoms with Gasteiger partial charge in [-0.3, -0.25) is 4.98 Å². The molecule has 4 rings (SSSR count). The predicted molar refractivity (Wildman–Crippen MR) is 120 cm³/mol. The third-order valence-corrected chi connectivity index (χ3v) is 5.25. The molecule has 0 spiro atoms. The van der Waals surface area contributed by atoms with Crippen LogP contribution in [-0.4, -0.2) is 30.8 Å². The van der Waals surface area contributed by atoms with Crippen molar-refractivity contribution in [3.05, 3.63) is 60.0 Å². The number of fused-ring (bicyclic) bond motifs is 1. The number of nitrogens with zero attached hydrogens (tertiary/aromatic N) is 2. The van der Waals surface area contributed by atoms with E-state index in [0.717, 1.165) is 54.2 Å². The predicted octanol–water partition coefficient (Wildman–Crippen LogP) is 5.85. The molecule has 154 valence electrons. The average Bonchev–Trinajstić information content (AvgIpc) is 3.15. The molecule has 1 N–H and O–H groups in total. The molecule has 1 fully saturated rings. The van der Waals surface area contributed by atoms with Crippen LogP contribution in [-0.2, 0) is 4.74 Å². The molecule has 1 aromatic heterocycles. The zero-order chi connectivity index (χ0) is 19.5. The second-order valence-electron chi connectivity index (χ2n) is 7.30. The van der Waals surface area contributed by atoms with E-state index in [1.807, 2.05) is 13.8 Å². The van der Waals surface area contributed by atoms with Gasteiger partial charge in [0.05, 0.1) is 18.2 Å². The van der Waals surface area contributed by atoms with Gasteiger partial charge in [0, 0.05) is 41.3 Å². The average molecular weight is 416 g/mol. The second-order valence-corrected chi connectivity index (χ2v) is 7.30. The SMILES string of the molecule is CCOCC1CCCN1c1cc(C)nc2cc(Nc3ccc(F)cc3)ccc12.Cl. The molecule has 0 aliphatic carbocycles. The molecule has 0 saturated carbocycles. The number of benzene rings is 2. The molecule has 1 saturated heterocycles. The molecule has 2 heterocycles. The van der Waals surface area contributed by atoms with Crippen LogP contribution in [0.5, 0.6) is 0 Å². The number of halogens is 2. The van der Waals surface area contributed by atoms with E-state index < -0.39 is 0 Å². The first-order chi connectivity index (χ1) is 13.6. The molecule has 6 heteroatoms. The van der Waals surface area contributed by atoms with Gasteiger partial charge in [-0.05, 0) is 75.2 Å². The summed E-state index contributed by atoms with van der Waals surface area (Å²) >= 11 is 0.